The minimum atomic E-state index is -0.199. The van der Waals surface area contributed by atoms with E-state index in [1.807, 2.05) is 42.5 Å². The summed E-state index contributed by atoms with van der Waals surface area (Å²) in [6.07, 6.45) is 2.37. The number of hydrogen-bond acceptors (Lipinski definition) is 4. The van der Waals surface area contributed by atoms with Gasteiger partial charge in [0, 0.05) is 11.1 Å². The van der Waals surface area contributed by atoms with Crippen LogP contribution in [0.3, 0.4) is 0 Å². The van der Waals surface area contributed by atoms with Crippen LogP contribution >= 0.6 is 0 Å². The number of nitrogens with zero attached hydrogens (tertiary/aromatic N) is 2. The first-order valence-corrected chi connectivity index (χ1v) is 8.99. The molecular weight excluding hydrogens is 338 g/mol. The Bertz CT molecular complexity index is 907. The Kier molecular flexibility index (Phi) is 5.94. The summed E-state index contributed by atoms with van der Waals surface area (Å²) >= 11 is 0. The Balaban J connectivity index is 1.90. The molecular formula is C22H23N3O2. The fourth-order valence-corrected chi connectivity index (χ4v) is 2.75. The molecule has 0 atom stereocenters. The lowest BCUT2D eigenvalue weighted by molar-refractivity contribution is 0.102. The predicted octanol–water partition coefficient (Wildman–Crippen LogP) is 4.09. The highest BCUT2D eigenvalue weighted by Gasteiger charge is 2.14. The van der Waals surface area contributed by atoms with Crippen LogP contribution in [0.4, 0.5) is 5.82 Å². The van der Waals surface area contributed by atoms with Gasteiger partial charge >= 0.3 is 0 Å². The smallest absolute Gasteiger partial charge is 0.256 e. The molecule has 3 aromatic rings. The van der Waals surface area contributed by atoms with Crippen LogP contribution in [0.5, 0.6) is 0 Å². The van der Waals surface area contributed by atoms with Crippen LogP contribution in [0.15, 0.2) is 60.8 Å². The number of aliphatic hydroxyl groups is 1. The molecule has 0 unspecified atom stereocenters. The molecule has 0 bridgehead atoms. The van der Waals surface area contributed by atoms with E-state index in [0.717, 1.165) is 22.5 Å². The van der Waals surface area contributed by atoms with E-state index in [1.165, 1.54) is 0 Å². The van der Waals surface area contributed by atoms with Crippen molar-refractivity contribution in [3.8, 4) is 11.3 Å². The molecule has 5 heteroatoms. The van der Waals surface area contributed by atoms with E-state index in [2.05, 4.69) is 24.1 Å². The third kappa shape index (κ3) is 4.77. The number of aromatic nitrogens is 2. The zero-order valence-corrected chi connectivity index (χ0v) is 15.5. The van der Waals surface area contributed by atoms with Crippen molar-refractivity contribution in [2.45, 2.75) is 26.9 Å². The van der Waals surface area contributed by atoms with Crippen LogP contribution in [-0.2, 0) is 13.0 Å². The molecule has 0 fully saturated rings. The third-order valence-corrected chi connectivity index (χ3v) is 4.15. The number of nitrogens with one attached hydrogen (secondary N) is 1. The molecule has 138 valence electrons. The van der Waals surface area contributed by atoms with Crippen LogP contribution in [0.2, 0.25) is 0 Å². The maximum absolute atomic E-state index is 12.5. The second-order valence-electron chi connectivity index (χ2n) is 6.82. The van der Waals surface area contributed by atoms with Crippen molar-refractivity contribution in [2.75, 3.05) is 5.32 Å². The second kappa shape index (κ2) is 8.56. The maximum Gasteiger partial charge on any atom is 0.256 e. The van der Waals surface area contributed by atoms with Gasteiger partial charge in [0.05, 0.1) is 24.2 Å². The molecule has 27 heavy (non-hydrogen) atoms. The summed E-state index contributed by atoms with van der Waals surface area (Å²) in [4.78, 5) is 21.7. The van der Waals surface area contributed by atoms with Crippen molar-refractivity contribution < 1.29 is 9.90 Å². The lowest BCUT2D eigenvalue weighted by Crippen LogP contribution is -2.16. The first-order chi connectivity index (χ1) is 13.1. The average Bonchev–Trinajstić information content (AvgIpc) is 2.69. The Hall–Kier alpha value is -3.05. The Morgan fingerprint density at radius 1 is 1.07 bits per heavy atom. The number of rotatable bonds is 6. The van der Waals surface area contributed by atoms with Crippen LogP contribution in [0, 0.1) is 5.92 Å². The number of aliphatic hydroxyl groups excluding tert-OH is 1. The number of amides is 1. The standard InChI is InChI=1S/C22H23N3O2/c1-15(2)12-19-21(25-22(27)18-6-4-3-5-7-18)23-13-20(24-19)17-10-8-16(14-26)9-11-17/h3-11,13,15,26H,12,14H2,1-2H3,(H,23,25,27). The van der Waals surface area contributed by atoms with Gasteiger partial charge in [0.15, 0.2) is 5.82 Å². The van der Waals surface area contributed by atoms with Crippen molar-refractivity contribution >= 4 is 11.7 Å². The van der Waals surface area contributed by atoms with Gasteiger partial charge in [-0.15, -0.1) is 0 Å². The summed E-state index contributed by atoms with van der Waals surface area (Å²) in [5.74, 6) is 0.668. The predicted molar refractivity (Wildman–Crippen MR) is 106 cm³/mol. The van der Waals surface area contributed by atoms with Gasteiger partial charge in [0.25, 0.3) is 5.91 Å². The van der Waals surface area contributed by atoms with Crippen molar-refractivity contribution in [1.29, 1.82) is 0 Å². The van der Waals surface area contributed by atoms with Gasteiger partial charge in [-0.3, -0.25) is 4.79 Å². The number of carbonyl (C=O) groups excluding carboxylic acids is 1. The van der Waals surface area contributed by atoms with Gasteiger partial charge in [-0.25, -0.2) is 9.97 Å². The van der Waals surface area contributed by atoms with Gasteiger partial charge in [-0.05, 0) is 30.0 Å². The van der Waals surface area contributed by atoms with Gasteiger partial charge in [-0.1, -0.05) is 56.3 Å². The second-order valence-corrected chi connectivity index (χ2v) is 6.82. The normalized spacial score (nSPS) is 10.8. The number of anilines is 1. The van der Waals surface area contributed by atoms with E-state index < -0.39 is 0 Å². The molecule has 0 aliphatic heterocycles. The SMILES string of the molecule is CC(C)Cc1nc(-c2ccc(CO)cc2)cnc1NC(=O)c1ccccc1. The molecule has 0 aliphatic carbocycles. The third-order valence-electron chi connectivity index (χ3n) is 4.15. The molecule has 3 rings (SSSR count). The van der Waals surface area contributed by atoms with Gasteiger partial charge in [0.1, 0.15) is 0 Å². The summed E-state index contributed by atoms with van der Waals surface area (Å²) in [7, 11) is 0. The topological polar surface area (TPSA) is 75.1 Å². The van der Waals surface area contributed by atoms with Crippen LogP contribution in [0.1, 0.15) is 35.5 Å². The van der Waals surface area contributed by atoms with Gasteiger partial charge < -0.3 is 10.4 Å². The molecule has 1 heterocycles. The first kappa shape index (κ1) is 18.7. The van der Waals surface area contributed by atoms with Crippen molar-refractivity contribution in [3.63, 3.8) is 0 Å². The van der Waals surface area contributed by atoms with Crippen molar-refractivity contribution in [3.05, 3.63) is 77.6 Å². The highest BCUT2D eigenvalue weighted by atomic mass is 16.3. The van der Waals surface area contributed by atoms with Crippen LogP contribution in [0.25, 0.3) is 11.3 Å². The van der Waals surface area contributed by atoms with E-state index in [9.17, 15) is 9.90 Å². The van der Waals surface area contributed by atoms with Crippen LogP contribution < -0.4 is 5.32 Å². The summed E-state index contributed by atoms with van der Waals surface area (Å²) in [6.45, 7) is 4.22. The Morgan fingerprint density at radius 2 is 1.78 bits per heavy atom. The highest BCUT2D eigenvalue weighted by Crippen LogP contribution is 2.22. The molecule has 0 spiro atoms. The lowest BCUT2D eigenvalue weighted by Gasteiger charge is -2.13. The zero-order chi connectivity index (χ0) is 19.2. The van der Waals surface area contributed by atoms with E-state index >= 15 is 0 Å². The van der Waals surface area contributed by atoms with Crippen molar-refractivity contribution in [2.24, 2.45) is 5.92 Å². The molecule has 1 aromatic heterocycles. The van der Waals surface area contributed by atoms with E-state index in [1.54, 1.807) is 18.3 Å². The quantitative estimate of drug-likeness (QED) is 0.693. The maximum atomic E-state index is 12.5. The minimum absolute atomic E-state index is 0.00894. The molecule has 2 aromatic carbocycles. The van der Waals surface area contributed by atoms with E-state index in [-0.39, 0.29) is 12.5 Å². The minimum Gasteiger partial charge on any atom is -0.392 e. The fourth-order valence-electron chi connectivity index (χ4n) is 2.75. The van der Waals surface area contributed by atoms with E-state index in [4.69, 9.17) is 4.98 Å². The molecule has 0 aliphatic rings. The van der Waals surface area contributed by atoms with Gasteiger partial charge in [0.2, 0.25) is 0 Å². The lowest BCUT2D eigenvalue weighted by atomic mass is 10.1. The number of hydrogen-bond donors (Lipinski definition) is 2. The highest BCUT2D eigenvalue weighted by molar-refractivity contribution is 6.04. The summed E-state index contributed by atoms with van der Waals surface area (Å²) in [5, 5.41) is 12.1. The fraction of sp³-hybridized carbons (Fsp3) is 0.227. The largest absolute Gasteiger partial charge is 0.392 e. The molecule has 1 amide bonds. The average molecular weight is 361 g/mol. The molecule has 2 N–H and O–H groups in total. The van der Waals surface area contributed by atoms with Crippen LogP contribution in [-0.4, -0.2) is 21.0 Å². The van der Waals surface area contributed by atoms with E-state index in [0.29, 0.717) is 23.7 Å². The summed E-state index contributed by atoms with van der Waals surface area (Å²) in [6, 6.07) is 16.6. The van der Waals surface area contributed by atoms with Crippen molar-refractivity contribution in [1.82, 2.24) is 9.97 Å². The summed E-state index contributed by atoms with van der Waals surface area (Å²) in [5.41, 5.74) is 3.86. The molecule has 5 nitrogen and oxygen atoms in total. The Labute approximate surface area is 159 Å². The Morgan fingerprint density at radius 3 is 2.41 bits per heavy atom. The monoisotopic (exact) mass is 361 g/mol. The van der Waals surface area contributed by atoms with Gasteiger partial charge in [-0.2, -0.15) is 0 Å². The summed E-state index contributed by atoms with van der Waals surface area (Å²) < 4.78 is 0. The number of carbonyl (C=O) groups is 1. The first-order valence-electron chi connectivity index (χ1n) is 8.99. The molecule has 0 radical (unpaired) electrons. The molecule has 0 saturated carbocycles. The zero-order valence-electron chi connectivity index (χ0n) is 15.5. The number of benzene rings is 2. The molecule has 0 saturated heterocycles.